The van der Waals surface area contributed by atoms with E-state index < -0.39 is 0 Å². The van der Waals surface area contributed by atoms with Crippen LogP contribution in [-0.4, -0.2) is 10.4 Å². The van der Waals surface area contributed by atoms with Gasteiger partial charge in [0.05, 0.1) is 0 Å². The SMILES string of the molecule is CCCCCCCCCCC(C)(C)N(Cc1ccccc1)Cc1ccccc1. The summed E-state index contributed by atoms with van der Waals surface area (Å²) < 4.78 is 0. The molecule has 0 heterocycles. The van der Waals surface area contributed by atoms with E-state index in [2.05, 4.69) is 86.3 Å². The summed E-state index contributed by atoms with van der Waals surface area (Å²) in [5.74, 6) is 0. The molecule has 0 aliphatic carbocycles. The first-order chi connectivity index (χ1) is 13.6. The Kier molecular flexibility index (Phi) is 10.4. The molecule has 1 heteroatoms. The van der Waals surface area contributed by atoms with Gasteiger partial charge in [-0.1, -0.05) is 119 Å². The van der Waals surface area contributed by atoms with Crippen molar-refractivity contribution in [3.8, 4) is 0 Å². The van der Waals surface area contributed by atoms with Gasteiger partial charge in [-0.2, -0.15) is 0 Å². The third kappa shape index (κ3) is 8.61. The van der Waals surface area contributed by atoms with Crippen LogP contribution in [0.1, 0.15) is 89.7 Å². The highest BCUT2D eigenvalue weighted by Gasteiger charge is 2.26. The quantitative estimate of drug-likeness (QED) is 0.300. The van der Waals surface area contributed by atoms with Crippen LogP contribution in [0.25, 0.3) is 0 Å². The minimum atomic E-state index is 0.202. The summed E-state index contributed by atoms with van der Waals surface area (Å²) in [6.07, 6.45) is 12.4. The normalized spacial score (nSPS) is 11.9. The topological polar surface area (TPSA) is 3.24 Å². The van der Waals surface area contributed by atoms with Gasteiger partial charge >= 0.3 is 0 Å². The van der Waals surface area contributed by atoms with E-state index in [1.807, 2.05) is 0 Å². The van der Waals surface area contributed by atoms with Gasteiger partial charge in [0.15, 0.2) is 0 Å². The molecule has 0 bridgehead atoms. The second-order valence-electron chi connectivity index (χ2n) is 8.86. The summed E-state index contributed by atoms with van der Waals surface area (Å²) in [6.45, 7) is 9.18. The average molecular weight is 380 g/mol. The van der Waals surface area contributed by atoms with Crippen molar-refractivity contribution >= 4 is 0 Å². The zero-order valence-electron chi connectivity index (χ0n) is 18.5. The zero-order valence-corrected chi connectivity index (χ0v) is 18.5. The van der Waals surface area contributed by atoms with E-state index in [9.17, 15) is 0 Å². The predicted octanol–water partition coefficient (Wildman–Crippen LogP) is 8.00. The maximum atomic E-state index is 2.67. The van der Waals surface area contributed by atoms with E-state index in [1.54, 1.807) is 0 Å². The van der Waals surface area contributed by atoms with Crippen LogP contribution < -0.4 is 0 Å². The molecule has 0 radical (unpaired) electrons. The minimum absolute atomic E-state index is 0.202. The van der Waals surface area contributed by atoms with E-state index in [0.29, 0.717) is 0 Å². The Bertz CT molecular complexity index is 576. The van der Waals surface area contributed by atoms with Gasteiger partial charge < -0.3 is 0 Å². The Balaban J connectivity index is 1.88. The first kappa shape index (κ1) is 22.7. The number of unbranched alkanes of at least 4 members (excludes halogenated alkanes) is 7. The van der Waals surface area contributed by atoms with Gasteiger partial charge in [0, 0.05) is 18.6 Å². The Hall–Kier alpha value is -1.60. The maximum absolute atomic E-state index is 2.67. The Morgan fingerprint density at radius 2 is 1.04 bits per heavy atom. The van der Waals surface area contributed by atoms with E-state index >= 15 is 0 Å². The van der Waals surface area contributed by atoms with Crippen molar-refractivity contribution in [2.24, 2.45) is 0 Å². The number of nitrogens with zero attached hydrogens (tertiary/aromatic N) is 1. The third-order valence-corrected chi connectivity index (χ3v) is 5.93. The molecule has 2 aromatic carbocycles. The lowest BCUT2D eigenvalue weighted by Crippen LogP contribution is -2.42. The Labute approximate surface area is 174 Å². The molecule has 0 N–H and O–H groups in total. The number of rotatable bonds is 14. The maximum Gasteiger partial charge on any atom is 0.0242 e. The smallest absolute Gasteiger partial charge is 0.0242 e. The van der Waals surface area contributed by atoms with Crippen LogP contribution in [0, 0.1) is 0 Å². The molecule has 0 aromatic heterocycles. The highest BCUT2D eigenvalue weighted by Crippen LogP contribution is 2.27. The number of hydrogen-bond donors (Lipinski definition) is 0. The van der Waals surface area contributed by atoms with Gasteiger partial charge in [-0.15, -0.1) is 0 Å². The van der Waals surface area contributed by atoms with Crippen molar-refractivity contribution in [2.75, 3.05) is 0 Å². The van der Waals surface area contributed by atoms with E-state index in [1.165, 1.54) is 68.9 Å². The lowest BCUT2D eigenvalue weighted by atomic mass is 9.92. The largest absolute Gasteiger partial charge is 0.290 e. The molecule has 0 atom stereocenters. The van der Waals surface area contributed by atoms with E-state index in [0.717, 1.165) is 13.1 Å². The summed E-state index contributed by atoms with van der Waals surface area (Å²) in [5, 5.41) is 0. The van der Waals surface area contributed by atoms with E-state index in [4.69, 9.17) is 0 Å². The molecule has 0 aliphatic rings. The molecular formula is C27H41N. The van der Waals surface area contributed by atoms with Crippen LogP contribution in [0.2, 0.25) is 0 Å². The summed E-state index contributed by atoms with van der Waals surface area (Å²) in [6, 6.07) is 21.9. The zero-order chi connectivity index (χ0) is 20.1. The van der Waals surface area contributed by atoms with Crippen LogP contribution >= 0.6 is 0 Å². The van der Waals surface area contributed by atoms with Gasteiger partial charge in [-0.05, 0) is 31.4 Å². The van der Waals surface area contributed by atoms with Crippen molar-refractivity contribution in [3.63, 3.8) is 0 Å². The van der Waals surface area contributed by atoms with Gasteiger partial charge in [0.25, 0.3) is 0 Å². The molecule has 1 nitrogen and oxygen atoms in total. The Morgan fingerprint density at radius 1 is 0.607 bits per heavy atom. The van der Waals surface area contributed by atoms with E-state index in [-0.39, 0.29) is 5.54 Å². The van der Waals surface area contributed by atoms with Crippen molar-refractivity contribution in [1.82, 2.24) is 4.90 Å². The second-order valence-corrected chi connectivity index (χ2v) is 8.86. The molecule has 28 heavy (non-hydrogen) atoms. The monoisotopic (exact) mass is 379 g/mol. The summed E-state index contributed by atoms with van der Waals surface area (Å²) in [4.78, 5) is 2.67. The second kappa shape index (κ2) is 12.8. The third-order valence-electron chi connectivity index (χ3n) is 5.93. The first-order valence-electron chi connectivity index (χ1n) is 11.4. The van der Waals surface area contributed by atoms with Crippen LogP contribution in [0.15, 0.2) is 60.7 Å². The summed E-state index contributed by atoms with van der Waals surface area (Å²) in [5.41, 5.74) is 3.01. The van der Waals surface area contributed by atoms with Gasteiger partial charge in [-0.3, -0.25) is 4.90 Å². The standard InChI is InChI=1S/C27H41N/c1-4-5-6-7-8-9-10-17-22-27(2,3)28(23-25-18-13-11-14-19-25)24-26-20-15-12-16-21-26/h11-16,18-21H,4-10,17,22-24H2,1-3H3. The molecule has 0 saturated heterocycles. The van der Waals surface area contributed by atoms with Gasteiger partial charge in [0.2, 0.25) is 0 Å². The lowest BCUT2D eigenvalue weighted by molar-refractivity contribution is 0.0906. The Morgan fingerprint density at radius 3 is 1.50 bits per heavy atom. The highest BCUT2D eigenvalue weighted by atomic mass is 15.2. The fraction of sp³-hybridized carbons (Fsp3) is 0.556. The van der Waals surface area contributed by atoms with Crippen LogP contribution in [0.3, 0.4) is 0 Å². The van der Waals surface area contributed by atoms with Crippen LogP contribution in [0.4, 0.5) is 0 Å². The predicted molar refractivity (Wildman–Crippen MR) is 123 cm³/mol. The molecular weight excluding hydrogens is 338 g/mol. The number of benzene rings is 2. The van der Waals surface area contributed by atoms with Crippen molar-refractivity contribution in [2.45, 2.75) is 97.2 Å². The first-order valence-corrected chi connectivity index (χ1v) is 11.4. The van der Waals surface area contributed by atoms with Gasteiger partial charge in [0.1, 0.15) is 0 Å². The molecule has 0 saturated carbocycles. The molecule has 0 fully saturated rings. The highest BCUT2D eigenvalue weighted by molar-refractivity contribution is 5.17. The number of hydrogen-bond acceptors (Lipinski definition) is 1. The molecule has 2 aromatic rings. The average Bonchev–Trinajstić information content (AvgIpc) is 2.71. The van der Waals surface area contributed by atoms with Gasteiger partial charge in [-0.25, -0.2) is 0 Å². The molecule has 0 spiro atoms. The minimum Gasteiger partial charge on any atom is -0.290 e. The fourth-order valence-electron chi connectivity index (χ4n) is 3.94. The lowest BCUT2D eigenvalue weighted by Gasteiger charge is -2.39. The van der Waals surface area contributed by atoms with Crippen molar-refractivity contribution in [1.29, 1.82) is 0 Å². The van der Waals surface area contributed by atoms with Crippen molar-refractivity contribution in [3.05, 3.63) is 71.8 Å². The summed E-state index contributed by atoms with van der Waals surface area (Å²) in [7, 11) is 0. The molecule has 2 rings (SSSR count). The molecule has 0 amide bonds. The molecule has 154 valence electrons. The van der Waals surface area contributed by atoms with Crippen LogP contribution in [0.5, 0.6) is 0 Å². The van der Waals surface area contributed by atoms with Crippen molar-refractivity contribution < 1.29 is 0 Å². The fourth-order valence-corrected chi connectivity index (χ4v) is 3.94. The van der Waals surface area contributed by atoms with Crippen LogP contribution in [-0.2, 0) is 13.1 Å². The summed E-state index contributed by atoms with van der Waals surface area (Å²) >= 11 is 0. The molecule has 0 aliphatic heterocycles. The molecule has 0 unspecified atom stereocenters.